The second kappa shape index (κ2) is 9.99. The van der Waals surface area contributed by atoms with Crippen LogP contribution in [0.5, 0.6) is 5.75 Å². The average Bonchev–Trinajstić information content (AvgIpc) is 2.53. The van der Waals surface area contributed by atoms with E-state index >= 15 is 0 Å². The van der Waals surface area contributed by atoms with Gasteiger partial charge in [0.05, 0.1) is 17.8 Å². The van der Waals surface area contributed by atoms with Crippen LogP contribution in [0.3, 0.4) is 0 Å². The molecule has 0 fully saturated rings. The summed E-state index contributed by atoms with van der Waals surface area (Å²) in [5.74, 6) is 1.21. The van der Waals surface area contributed by atoms with Gasteiger partial charge in [-0.05, 0) is 32.4 Å². The summed E-state index contributed by atoms with van der Waals surface area (Å²) in [7, 11) is -1.63. The highest BCUT2D eigenvalue weighted by Crippen LogP contribution is 2.24. The van der Waals surface area contributed by atoms with E-state index in [1.807, 2.05) is 25.1 Å². The quantitative estimate of drug-likeness (QED) is 0.432. The molecule has 26 heavy (non-hydrogen) atoms. The summed E-state index contributed by atoms with van der Waals surface area (Å²) in [5, 5.41) is 6.88. The van der Waals surface area contributed by atoms with E-state index < -0.39 is 15.6 Å². The number of sulfonamides is 1. The number of guanidine groups is 1. The zero-order valence-corrected chi connectivity index (χ0v) is 17.5. The third kappa shape index (κ3) is 8.73. The number of nitrogens with one attached hydrogen (secondary N) is 3. The molecule has 0 saturated heterocycles. The number of rotatable bonds is 9. The second-order valence-corrected chi connectivity index (χ2v) is 8.80. The fourth-order valence-corrected chi connectivity index (χ4v) is 3.52. The van der Waals surface area contributed by atoms with Gasteiger partial charge in [0, 0.05) is 19.1 Å². The zero-order chi connectivity index (χ0) is 19.8. The first kappa shape index (κ1) is 22.5. The molecular formula is C17H29ClN4O3S. The molecule has 1 aromatic carbocycles. The van der Waals surface area contributed by atoms with Crippen molar-refractivity contribution in [2.75, 3.05) is 26.4 Å². The molecule has 0 aliphatic rings. The molecule has 0 aliphatic carbocycles. The van der Waals surface area contributed by atoms with E-state index in [4.69, 9.17) is 16.3 Å². The molecule has 148 valence electrons. The van der Waals surface area contributed by atoms with E-state index in [0.717, 1.165) is 12.7 Å². The van der Waals surface area contributed by atoms with Gasteiger partial charge < -0.3 is 15.4 Å². The summed E-state index contributed by atoms with van der Waals surface area (Å²) >= 11 is 6.13. The molecule has 9 heteroatoms. The lowest BCUT2D eigenvalue weighted by molar-refractivity contribution is 0.199. The van der Waals surface area contributed by atoms with Gasteiger partial charge in [-0.2, -0.15) is 0 Å². The molecule has 1 aromatic rings. The third-order valence-corrected chi connectivity index (χ3v) is 4.70. The maximum absolute atomic E-state index is 11.4. The van der Waals surface area contributed by atoms with Gasteiger partial charge in [0.25, 0.3) is 0 Å². The van der Waals surface area contributed by atoms with E-state index in [1.165, 1.54) is 0 Å². The van der Waals surface area contributed by atoms with Gasteiger partial charge in [0.15, 0.2) is 5.96 Å². The van der Waals surface area contributed by atoms with E-state index in [1.54, 1.807) is 27.0 Å². The molecule has 0 bridgehead atoms. The summed E-state index contributed by atoms with van der Waals surface area (Å²) in [5.41, 5.74) is -0.649. The first-order chi connectivity index (χ1) is 12.1. The molecule has 0 aliphatic heterocycles. The van der Waals surface area contributed by atoms with Gasteiger partial charge in [0.1, 0.15) is 11.9 Å². The number of hydrogen-bond acceptors (Lipinski definition) is 4. The molecule has 0 heterocycles. The predicted molar refractivity (Wildman–Crippen MR) is 108 cm³/mol. The first-order valence-corrected chi connectivity index (χ1v) is 10.7. The highest BCUT2D eigenvalue weighted by Gasteiger charge is 2.22. The molecule has 7 nitrogen and oxygen atoms in total. The molecule has 0 spiro atoms. The van der Waals surface area contributed by atoms with Crippen molar-refractivity contribution in [3.8, 4) is 5.75 Å². The number of ether oxygens (including phenoxy) is 1. The average molecular weight is 405 g/mol. The van der Waals surface area contributed by atoms with E-state index in [2.05, 4.69) is 20.3 Å². The number of aliphatic imine (C=N–C) groups is 1. The van der Waals surface area contributed by atoms with Gasteiger partial charge >= 0.3 is 0 Å². The Bertz CT molecular complexity index is 708. The summed E-state index contributed by atoms with van der Waals surface area (Å²) in [6, 6.07) is 7.34. The van der Waals surface area contributed by atoms with Crippen molar-refractivity contribution >= 4 is 27.6 Å². The fourth-order valence-electron chi connectivity index (χ4n) is 2.26. The number of para-hydroxylation sites is 1. The van der Waals surface area contributed by atoms with Gasteiger partial charge in [-0.1, -0.05) is 30.7 Å². The maximum Gasteiger partial charge on any atom is 0.209 e. The first-order valence-electron chi connectivity index (χ1n) is 8.41. The van der Waals surface area contributed by atoms with Crippen LogP contribution in [0, 0.1) is 0 Å². The second-order valence-electron chi connectivity index (χ2n) is 6.64. The summed E-state index contributed by atoms with van der Waals surface area (Å²) in [6.07, 6.45) is 1.84. The lowest BCUT2D eigenvalue weighted by atomic mass is 10.1. The van der Waals surface area contributed by atoms with Gasteiger partial charge in [-0.15, -0.1) is 0 Å². The Morgan fingerprint density at radius 2 is 1.96 bits per heavy atom. The van der Waals surface area contributed by atoms with Crippen molar-refractivity contribution in [2.24, 2.45) is 4.99 Å². The van der Waals surface area contributed by atoms with Crippen molar-refractivity contribution in [3.05, 3.63) is 29.3 Å². The Morgan fingerprint density at radius 1 is 1.31 bits per heavy atom. The SMILES string of the molecule is CCC(CNC(=NC)NCC(C)(C)NS(C)(=O)=O)Oc1ccccc1Cl. The van der Waals surface area contributed by atoms with Crippen molar-refractivity contribution < 1.29 is 13.2 Å². The Labute approximate surface area is 161 Å². The Kier molecular flexibility index (Phi) is 8.66. The minimum atomic E-state index is -3.29. The van der Waals surface area contributed by atoms with Crippen molar-refractivity contribution in [3.63, 3.8) is 0 Å². The monoisotopic (exact) mass is 404 g/mol. The molecule has 1 unspecified atom stereocenters. The fraction of sp³-hybridized carbons (Fsp3) is 0.588. The smallest absolute Gasteiger partial charge is 0.209 e. The van der Waals surface area contributed by atoms with E-state index in [9.17, 15) is 8.42 Å². The van der Waals surface area contributed by atoms with Crippen LogP contribution in [0.2, 0.25) is 5.02 Å². The molecule has 0 amide bonds. The van der Waals surface area contributed by atoms with Gasteiger partial charge in [-0.3, -0.25) is 4.99 Å². The Balaban J connectivity index is 2.55. The standard InChI is InChI=1S/C17H29ClN4O3S/c1-6-13(25-15-10-8-7-9-14(15)18)11-20-16(19-4)21-12-17(2,3)22-26(5,23)24/h7-10,13,22H,6,11-12H2,1-5H3,(H2,19,20,21). The summed E-state index contributed by atoms with van der Waals surface area (Å²) in [4.78, 5) is 4.15. The summed E-state index contributed by atoms with van der Waals surface area (Å²) in [6.45, 7) is 6.52. The van der Waals surface area contributed by atoms with Crippen LogP contribution in [-0.4, -0.2) is 52.4 Å². The molecule has 3 N–H and O–H groups in total. The highest BCUT2D eigenvalue weighted by atomic mass is 35.5. The number of nitrogens with zero attached hydrogens (tertiary/aromatic N) is 1. The van der Waals surface area contributed by atoms with Crippen LogP contribution in [-0.2, 0) is 10.0 Å². The molecule has 0 radical (unpaired) electrons. The molecule has 0 aromatic heterocycles. The molecule has 1 rings (SSSR count). The van der Waals surface area contributed by atoms with Crippen molar-refractivity contribution in [1.82, 2.24) is 15.4 Å². The van der Waals surface area contributed by atoms with Crippen LogP contribution in [0.4, 0.5) is 0 Å². The lowest BCUT2D eigenvalue weighted by Gasteiger charge is -2.27. The van der Waals surface area contributed by atoms with Crippen LogP contribution in [0.15, 0.2) is 29.3 Å². The largest absolute Gasteiger partial charge is 0.487 e. The summed E-state index contributed by atoms with van der Waals surface area (Å²) < 4.78 is 31.3. The van der Waals surface area contributed by atoms with Crippen LogP contribution in [0.1, 0.15) is 27.2 Å². The molecule has 0 saturated carbocycles. The van der Waals surface area contributed by atoms with Gasteiger partial charge in [-0.25, -0.2) is 13.1 Å². The zero-order valence-electron chi connectivity index (χ0n) is 16.0. The third-order valence-electron chi connectivity index (χ3n) is 3.47. The van der Waals surface area contributed by atoms with E-state index in [0.29, 0.717) is 29.8 Å². The van der Waals surface area contributed by atoms with E-state index in [-0.39, 0.29) is 6.10 Å². The molecular weight excluding hydrogens is 376 g/mol. The molecule has 1 atom stereocenters. The van der Waals surface area contributed by atoms with Crippen molar-refractivity contribution in [1.29, 1.82) is 0 Å². The Morgan fingerprint density at radius 3 is 2.50 bits per heavy atom. The minimum Gasteiger partial charge on any atom is -0.487 e. The van der Waals surface area contributed by atoms with Crippen LogP contribution >= 0.6 is 11.6 Å². The maximum atomic E-state index is 11.4. The highest BCUT2D eigenvalue weighted by molar-refractivity contribution is 7.88. The predicted octanol–water partition coefficient (Wildman–Crippen LogP) is 1.99. The lowest BCUT2D eigenvalue weighted by Crippen LogP contribution is -2.53. The normalized spacial score (nSPS) is 14.0. The van der Waals surface area contributed by atoms with Gasteiger partial charge in [0.2, 0.25) is 10.0 Å². The van der Waals surface area contributed by atoms with Crippen LogP contribution < -0.4 is 20.1 Å². The topological polar surface area (TPSA) is 91.8 Å². The van der Waals surface area contributed by atoms with Crippen LogP contribution in [0.25, 0.3) is 0 Å². The number of halogens is 1. The number of hydrogen-bond donors (Lipinski definition) is 3. The minimum absolute atomic E-state index is 0.0874. The number of benzene rings is 1. The van der Waals surface area contributed by atoms with Crippen molar-refractivity contribution in [2.45, 2.75) is 38.8 Å². The Hall–Kier alpha value is -1.51.